The van der Waals surface area contributed by atoms with Gasteiger partial charge >= 0.3 is 6.18 Å². The summed E-state index contributed by atoms with van der Waals surface area (Å²) in [5.41, 5.74) is 0. The molecule has 0 aromatic rings. The zero-order valence-corrected chi connectivity index (χ0v) is 9.59. The molecule has 0 aromatic heterocycles. The van der Waals surface area contributed by atoms with Gasteiger partial charge in [0.15, 0.2) is 5.92 Å². The van der Waals surface area contributed by atoms with E-state index in [1.54, 1.807) is 4.90 Å². The lowest BCUT2D eigenvalue weighted by Crippen LogP contribution is -2.43. The topological polar surface area (TPSA) is 27.0 Å². The van der Waals surface area contributed by atoms with E-state index in [2.05, 4.69) is 0 Å². The monoisotopic (exact) mass is 234 g/mol. The molecule has 16 heavy (non-hydrogen) atoms. The molecule has 0 N–H and O–H groups in total. The summed E-state index contributed by atoms with van der Waals surface area (Å²) in [6.45, 7) is 5.22. The minimum atomic E-state index is -4.40. The lowest BCUT2D eigenvalue weighted by molar-refractivity contribution is -0.164. The molecule has 1 aliphatic heterocycles. The predicted octanol–water partition coefficient (Wildman–Crippen LogP) is 2.67. The van der Waals surface area contributed by atoms with E-state index in [0.29, 0.717) is 24.9 Å². The van der Waals surface area contributed by atoms with E-state index in [1.807, 2.05) is 13.8 Å². The summed E-state index contributed by atoms with van der Waals surface area (Å²) in [6, 6.07) is 1.35. The van der Waals surface area contributed by atoms with Crippen LogP contribution >= 0.6 is 0 Å². The molecular weight excluding hydrogens is 217 g/mol. The van der Waals surface area contributed by atoms with Crippen molar-refractivity contribution < 1.29 is 13.2 Å². The first-order valence-corrected chi connectivity index (χ1v) is 5.51. The Morgan fingerprint density at radius 2 is 1.81 bits per heavy atom. The maximum Gasteiger partial charge on any atom is 0.405 e. The Morgan fingerprint density at radius 3 is 2.19 bits per heavy atom. The van der Waals surface area contributed by atoms with Crippen LogP contribution in [-0.4, -0.2) is 30.7 Å². The molecule has 1 saturated heterocycles. The van der Waals surface area contributed by atoms with Crippen LogP contribution in [0.2, 0.25) is 0 Å². The molecule has 3 atom stereocenters. The highest BCUT2D eigenvalue weighted by Gasteiger charge is 2.41. The van der Waals surface area contributed by atoms with Gasteiger partial charge in [0, 0.05) is 19.6 Å². The Hall–Kier alpha value is -0.760. The largest absolute Gasteiger partial charge is 0.405 e. The standard InChI is InChI=1S/C11H17F3N2/c1-8-3-9(2)6-16(5-8)7-10(4-15)11(12,13)14/h8-10H,3,5-7H2,1-2H3. The van der Waals surface area contributed by atoms with Gasteiger partial charge < -0.3 is 4.90 Å². The van der Waals surface area contributed by atoms with Gasteiger partial charge in [-0.3, -0.25) is 0 Å². The molecule has 2 nitrogen and oxygen atoms in total. The number of piperidine rings is 1. The number of nitrogens with zero attached hydrogens (tertiary/aromatic N) is 2. The molecule has 5 heteroatoms. The number of rotatable bonds is 2. The van der Waals surface area contributed by atoms with E-state index >= 15 is 0 Å². The number of likely N-dealkylation sites (tertiary alicyclic amines) is 1. The Bertz CT molecular complexity index is 259. The van der Waals surface area contributed by atoms with Crippen LogP contribution in [0.3, 0.4) is 0 Å². The summed E-state index contributed by atoms with van der Waals surface area (Å²) < 4.78 is 37.3. The number of hydrogen-bond donors (Lipinski definition) is 0. The highest BCUT2D eigenvalue weighted by Crippen LogP contribution is 2.28. The molecule has 1 heterocycles. The summed E-state index contributed by atoms with van der Waals surface area (Å²) in [5, 5.41) is 8.53. The Kier molecular flexibility index (Phi) is 4.20. The van der Waals surface area contributed by atoms with Crippen molar-refractivity contribution in [3.05, 3.63) is 0 Å². The van der Waals surface area contributed by atoms with Crippen LogP contribution in [-0.2, 0) is 0 Å². The molecule has 0 spiro atoms. The van der Waals surface area contributed by atoms with Crippen molar-refractivity contribution in [2.45, 2.75) is 26.4 Å². The fourth-order valence-electron chi connectivity index (χ4n) is 2.42. The SMILES string of the molecule is CC1CC(C)CN(CC(C#N)C(F)(F)F)C1. The van der Waals surface area contributed by atoms with Crippen molar-refractivity contribution in [2.75, 3.05) is 19.6 Å². The van der Waals surface area contributed by atoms with Crippen molar-refractivity contribution in [3.63, 3.8) is 0 Å². The lowest BCUT2D eigenvalue weighted by atomic mass is 9.91. The fraction of sp³-hybridized carbons (Fsp3) is 0.909. The number of hydrogen-bond acceptors (Lipinski definition) is 2. The van der Waals surface area contributed by atoms with Gasteiger partial charge in [-0.15, -0.1) is 0 Å². The molecule has 0 aromatic carbocycles. The molecule has 3 unspecified atom stereocenters. The summed E-state index contributed by atoms with van der Waals surface area (Å²) in [4.78, 5) is 1.76. The van der Waals surface area contributed by atoms with Crippen molar-refractivity contribution in [2.24, 2.45) is 17.8 Å². The van der Waals surface area contributed by atoms with Gasteiger partial charge in [0.1, 0.15) is 0 Å². The molecule has 0 bridgehead atoms. The summed E-state index contributed by atoms with van der Waals surface area (Å²) in [5.74, 6) is -1.03. The van der Waals surface area contributed by atoms with Gasteiger partial charge in [-0.05, 0) is 18.3 Å². The lowest BCUT2D eigenvalue weighted by Gasteiger charge is -2.36. The van der Waals surface area contributed by atoms with E-state index in [9.17, 15) is 13.2 Å². The third kappa shape index (κ3) is 3.67. The van der Waals surface area contributed by atoms with Crippen LogP contribution in [0.15, 0.2) is 0 Å². The molecule has 0 aliphatic carbocycles. The predicted molar refractivity (Wildman–Crippen MR) is 54.5 cm³/mol. The maximum absolute atomic E-state index is 12.4. The van der Waals surface area contributed by atoms with E-state index in [-0.39, 0.29) is 6.54 Å². The average Bonchev–Trinajstić information content (AvgIpc) is 2.10. The Morgan fingerprint density at radius 1 is 1.31 bits per heavy atom. The van der Waals surface area contributed by atoms with E-state index in [4.69, 9.17) is 5.26 Å². The third-order valence-corrected chi connectivity index (χ3v) is 2.94. The number of alkyl halides is 3. The molecule has 1 aliphatic rings. The molecule has 1 rings (SSSR count). The van der Waals surface area contributed by atoms with Crippen molar-refractivity contribution >= 4 is 0 Å². The van der Waals surface area contributed by atoms with Crippen molar-refractivity contribution in [1.29, 1.82) is 5.26 Å². The second-order valence-electron chi connectivity index (χ2n) is 4.89. The number of nitriles is 1. The second-order valence-corrected chi connectivity index (χ2v) is 4.89. The van der Waals surface area contributed by atoms with Crippen LogP contribution in [0, 0.1) is 29.1 Å². The molecule has 0 amide bonds. The van der Waals surface area contributed by atoms with Crippen molar-refractivity contribution in [3.8, 4) is 6.07 Å². The fourth-order valence-corrected chi connectivity index (χ4v) is 2.42. The van der Waals surface area contributed by atoms with Gasteiger partial charge in [-0.2, -0.15) is 18.4 Å². The van der Waals surface area contributed by atoms with E-state index in [0.717, 1.165) is 6.42 Å². The van der Waals surface area contributed by atoms with Crippen molar-refractivity contribution in [1.82, 2.24) is 4.90 Å². The van der Waals surface area contributed by atoms with Crippen LogP contribution in [0.5, 0.6) is 0 Å². The van der Waals surface area contributed by atoms with Gasteiger partial charge in [0.2, 0.25) is 0 Å². The minimum absolute atomic E-state index is 0.186. The molecule has 0 radical (unpaired) electrons. The number of halogens is 3. The minimum Gasteiger partial charge on any atom is -0.301 e. The van der Waals surface area contributed by atoms with E-state index < -0.39 is 12.1 Å². The van der Waals surface area contributed by atoms with Gasteiger partial charge in [0.05, 0.1) is 6.07 Å². The third-order valence-electron chi connectivity index (χ3n) is 2.94. The highest BCUT2D eigenvalue weighted by atomic mass is 19.4. The average molecular weight is 234 g/mol. The van der Waals surface area contributed by atoms with Crippen LogP contribution in [0.1, 0.15) is 20.3 Å². The first-order chi connectivity index (χ1) is 7.32. The van der Waals surface area contributed by atoms with Crippen LogP contribution in [0.4, 0.5) is 13.2 Å². The smallest absolute Gasteiger partial charge is 0.301 e. The molecular formula is C11H17F3N2. The van der Waals surface area contributed by atoms with Crippen LogP contribution < -0.4 is 0 Å². The quantitative estimate of drug-likeness (QED) is 0.734. The highest BCUT2D eigenvalue weighted by molar-refractivity contribution is 4.91. The summed E-state index contributed by atoms with van der Waals surface area (Å²) in [7, 11) is 0. The zero-order chi connectivity index (χ0) is 12.3. The molecule has 1 fully saturated rings. The van der Waals surface area contributed by atoms with Gasteiger partial charge in [-0.25, -0.2) is 0 Å². The molecule has 0 saturated carbocycles. The summed E-state index contributed by atoms with van der Waals surface area (Å²) in [6.07, 6.45) is -3.35. The summed E-state index contributed by atoms with van der Waals surface area (Å²) >= 11 is 0. The van der Waals surface area contributed by atoms with Crippen LogP contribution in [0.25, 0.3) is 0 Å². The molecule has 92 valence electrons. The Labute approximate surface area is 94.0 Å². The van der Waals surface area contributed by atoms with Gasteiger partial charge in [-0.1, -0.05) is 13.8 Å². The second kappa shape index (κ2) is 5.05. The first-order valence-electron chi connectivity index (χ1n) is 5.51. The maximum atomic E-state index is 12.4. The van der Waals surface area contributed by atoms with Gasteiger partial charge in [0.25, 0.3) is 0 Å². The normalized spacial score (nSPS) is 29.8. The van der Waals surface area contributed by atoms with E-state index in [1.165, 1.54) is 6.07 Å². The Balaban J connectivity index is 2.56. The zero-order valence-electron chi connectivity index (χ0n) is 9.59. The first kappa shape index (κ1) is 13.3.